The van der Waals surface area contributed by atoms with E-state index >= 15 is 0 Å². The first kappa shape index (κ1) is 19.3. The number of aromatic nitrogens is 2. The normalized spacial score (nSPS) is 24.2. The van der Waals surface area contributed by atoms with Gasteiger partial charge in [-0.05, 0) is 26.7 Å². The third-order valence-electron chi connectivity index (χ3n) is 5.18. The molecule has 2 N–H and O–H groups in total. The van der Waals surface area contributed by atoms with Gasteiger partial charge in [-0.15, -0.1) is 0 Å². The number of carbonyl (C=O) groups excluding carboxylic acids is 1. The number of carbonyl (C=O) groups is 1. The molecule has 8 nitrogen and oxygen atoms in total. The zero-order chi connectivity index (χ0) is 18.9. The van der Waals surface area contributed by atoms with Crippen molar-refractivity contribution in [1.82, 2.24) is 24.7 Å². The minimum Gasteiger partial charge on any atom is -0.348 e. The molecular formula is C17H29N5O3S. The largest absolute Gasteiger partial charge is 0.348 e. The highest BCUT2D eigenvalue weighted by molar-refractivity contribution is 7.88. The molecule has 26 heavy (non-hydrogen) atoms. The van der Waals surface area contributed by atoms with E-state index in [-0.39, 0.29) is 17.5 Å². The van der Waals surface area contributed by atoms with Gasteiger partial charge in [0.1, 0.15) is 6.04 Å². The topological polar surface area (TPSA) is 96.3 Å². The lowest BCUT2D eigenvalue weighted by Crippen LogP contribution is -2.54. The molecule has 1 aliphatic heterocycles. The van der Waals surface area contributed by atoms with Gasteiger partial charge in [-0.3, -0.25) is 14.4 Å². The molecule has 0 bridgehead atoms. The predicted octanol–water partition coefficient (Wildman–Crippen LogP) is 0.626. The van der Waals surface area contributed by atoms with E-state index in [1.165, 1.54) is 0 Å². The first-order valence-electron chi connectivity index (χ1n) is 9.20. The Hall–Kier alpha value is -1.45. The number of hydrogen-bond donors (Lipinski definition) is 2. The van der Waals surface area contributed by atoms with Gasteiger partial charge < -0.3 is 5.32 Å². The van der Waals surface area contributed by atoms with Crippen LogP contribution in [-0.2, 0) is 21.4 Å². The Bertz CT molecular complexity index is 752. The SMILES string of the molecule is CC(C)n1cc(CN2CC(NS(C)(=O)=O)C(=O)NC3(CCCC3)C2)cn1. The number of nitrogens with zero attached hydrogens (tertiary/aromatic N) is 3. The van der Waals surface area contributed by atoms with E-state index in [2.05, 4.69) is 33.9 Å². The summed E-state index contributed by atoms with van der Waals surface area (Å²) in [7, 11) is -3.47. The van der Waals surface area contributed by atoms with E-state index < -0.39 is 16.1 Å². The maximum absolute atomic E-state index is 12.7. The molecule has 1 aliphatic carbocycles. The number of hydrogen-bond acceptors (Lipinski definition) is 5. The van der Waals surface area contributed by atoms with Crippen molar-refractivity contribution in [3.8, 4) is 0 Å². The molecule has 1 aromatic rings. The molecular weight excluding hydrogens is 354 g/mol. The van der Waals surface area contributed by atoms with Gasteiger partial charge in [0.05, 0.1) is 18.0 Å². The van der Waals surface area contributed by atoms with Gasteiger partial charge in [0, 0.05) is 37.4 Å². The van der Waals surface area contributed by atoms with Gasteiger partial charge in [-0.25, -0.2) is 13.1 Å². The Balaban J connectivity index is 1.81. The molecule has 1 spiro atoms. The maximum atomic E-state index is 12.7. The van der Waals surface area contributed by atoms with Crippen LogP contribution in [0.4, 0.5) is 0 Å². The summed E-state index contributed by atoms with van der Waals surface area (Å²) < 4.78 is 27.8. The Morgan fingerprint density at radius 2 is 2.08 bits per heavy atom. The lowest BCUT2D eigenvalue weighted by molar-refractivity contribution is -0.123. The molecule has 1 saturated heterocycles. The summed E-state index contributed by atoms with van der Waals surface area (Å²) in [5.74, 6) is -0.224. The minimum absolute atomic E-state index is 0.224. The van der Waals surface area contributed by atoms with Crippen molar-refractivity contribution in [1.29, 1.82) is 0 Å². The van der Waals surface area contributed by atoms with Crippen LogP contribution in [0.1, 0.15) is 51.1 Å². The van der Waals surface area contributed by atoms with Crippen LogP contribution in [0.2, 0.25) is 0 Å². The van der Waals surface area contributed by atoms with Crippen LogP contribution in [0, 0.1) is 0 Å². The molecule has 2 fully saturated rings. The molecule has 3 rings (SSSR count). The maximum Gasteiger partial charge on any atom is 0.239 e. The summed E-state index contributed by atoms with van der Waals surface area (Å²) >= 11 is 0. The molecule has 1 saturated carbocycles. The molecule has 1 amide bonds. The van der Waals surface area contributed by atoms with E-state index in [1.807, 2.05) is 17.1 Å². The van der Waals surface area contributed by atoms with Gasteiger partial charge in [0.2, 0.25) is 15.9 Å². The number of amides is 1. The average molecular weight is 384 g/mol. The first-order chi connectivity index (χ1) is 12.2. The quantitative estimate of drug-likeness (QED) is 0.777. The Morgan fingerprint density at radius 3 is 2.65 bits per heavy atom. The van der Waals surface area contributed by atoms with Crippen molar-refractivity contribution in [2.24, 2.45) is 0 Å². The summed E-state index contributed by atoms with van der Waals surface area (Å²) in [5.41, 5.74) is 0.818. The highest BCUT2D eigenvalue weighted by Crippen LogP contribution is 2.32. The number of rotatable bonds is 5. The highest BCUT2D eigenvalue weighted by Gasteiger charge is 2.42. The lowest BCUT2D eigenvalue weighted by Gasteiger charge is -2.32. The van der Waals surface area contributed by atoms with Gasteiger partial charge in [-0.2, -0.15) is 5.10 Å². The van der Waals surface area contributed by atoms with Crippen molar-refractivity contribution in [3.05, 3.63) is 18.0 Å². The molecule has 2 heterocycles. The van der Waals surface area contributed by atoms with Crippen LogP contribution >= 0.6 is 0 Å². The Kier molecular flexibility index (Phi) is 5.41. The zero-order valence-corrected chi connectivity index (χ0v) is 16.6. The van der Waals surface area contributed by atoms with E-state index in [9.17, 15) is 13.2 Å². The summed E-state index contributed by atoms with van der Waals surface area (Å²) in [4.78, 5) is 14.8. The molecule has 0 radical (unpaired) electrons. The number of sulfonamides is 1. The Morgan fingerprint density at radius 1 is 1.38 bits per heavy atom. The monoisotopic (exact) mass is 383 g/mol. The summed E-state index contributed by atoms with van der Waals surface area (Å²) in [5, 5.41) is 7.52. The van der Waals surface area contributed by atoms with Crippen LogP contribution in [-0.4, -0.2) is 59.9 Å². The van der Waals surface area contributed by atoms with Crippen molar-refractivity contribution in [3.63, 3.8) is 0 Å². The fourth-order valence-corrected chi connectivity index (χ4v) is 4.72. The van der Waals surface area contributed by atoms with Crippen LogP contribution in [0.3, 0.4) is 0 Å². The average Bonchev–Trinajstić information content (AvgIpc) is 3.12. The summed E-state index contributed by atoms with van der Waals surface area (Å²) in [6.07, 6.45) is 9.00. The molecule has 9 heteroatoms. The standard InChI is InChI=1S/C17H29N5O3S/c1-13(2)22-10-14(8-18-22)9-21-11-15(20-26(3,24)25)16(23)19-17(12-21)6-4-5-7-17/h8,10,13,15,20H,4-7,9,11-12H2,1-3H3,(H,19,23). The fourth-order valence-electron chi connectivity index (χ4n) is 4.03. The highest BCUT2D eigenvalue weighted by atomic mass is 32.2. The van der Waals surface area contributed by atoms with Crippen LogP contribution < -0.4 is 10.0 Å². The van der Waals surface area contributed by atoms with Crippen molar-refractivity contribution < 1.29 is 13.2 Å². The third kappa shape index (κ3) is 4.63. The molecule has 1 unspecified atom stereocenters. The van der Waals surface area contributed by atoms with Crippen LogP contribution in [0.25, 0.3) is 0 Å². The fraction of sp³-hybridized carbons (Fsp3) is 0.765. The van der Waals surface area contributed by atoms with Crippen molar-refractivity contribution in [2.75, 3.05) is 19.3 Å². The second-order valence-corrected chi connectivity index (χ2v) is 9.79. The van der Waals surface area contributed by atoms with Crippen molar-refractivity contribution in [2.45, 2.75) is 63.7 Å². The van der Waals surface area contributed by atoms with Gasteiger partial charge in [0.15, 0.2) is 0 Å². The smallest absolute Gasteiger partial charge is 0.239 e. The molecule has 0 aromatic carbocycles. The van der Waals surface area contributed by atoms with Gasteiger partial charge in [-0.1, -0.05) is 12.8 Å². The van der Waals surface area contributed by atoms with E-state index in [1.54, 1.807) is 0 Å². The van der Waals surface area contributed by atoms with E-state index in [4.69, 9.17) is 0 Å². The van der Waals surface area contributed by atoms with Crippen LogP contribution in [0.5, 0.6) is 0 Å². The third-order valence-corrected chi connectivity index (χ3v) is 5.89. The molecule has 1 aromatic heterocycles. The molecule has 2 aliphatic rings. The minimum atomic E-state index is -3.47. The van der Waals surface area contributed by atoms with Gasteiger partial charge >= 0.3 is 0 Å². The molecule has 146 valence electrons. The number of nitrogens with one attached hydrogen (secondary N) is 2. The van der Waals surface area contributed by atoms with Gasteiger partial charge in [0.25, 0.3) is 0 Å². The van der Waals surface area contributed by atoms with E-state index in [0.29, 0.717) is 13.1 Å². The van der Waals surface area contributed by atoms with Crippen LogP contribution in [0.15, 0.2) is 12.4 Å². The summed E-state index contributed by atoms with van der Waals surface area (Å²) in [6, 6.07) is -0.484. The van der Waals surface area contributed by atoms with Crippen molar-refractivity contribution >= 4 is 15.9 Å². The Labute approximate surface area is 155 Å². The van der Waals surface area contributed by atoms with E-state index in [0.717, 1.165) is 44.0 Å². The molecule has 1 atom stereocenters. The first-order valence-corrected chi connectivity index (χ1v) is 11.1. The second-order valence-electron chi connectivity index (χ2n) is 8.01. The second kappa shape index (κ2) is 7.28. The predicted molar refractivity (Wildman–Crippen MR) is 99.0 cm³/mol. The zero-order valence-electron chi connectivity index (χ0n) is 15.7. The lowest BCUT2D eigenvalue weighted by atomic mass is 9.97. The summed E-state index contributed by atoms with van der Waals surface area (Å²) in [6.45, 7) is 5.88.